The van der Waals surface area contributed by atoms with Crippen molar-refractivity contribution in [2.24, 2.45) is 5.10 Å². The highest BCUT2D eigenvalue weighted by molar-refractivity contribution is 6.41. The summed E-state index contributed by atoms with van der Waals surface area (Å²) in [6.07, 6.45) is -0.220. The molecule has 0 fully saturated rings. The second-order valence-electron chi connectivity index (χ2n) is 4.54. The van der Waals surface area contributed by atoms with Gasteiger partial charge in [-0.3, -0.25) is 15.0 Å². The van der Waals surface area contributed by atoms with Crippen molar-refractivity contribution in [1.82, 2.24) is 0 Å². The maximum absolute atomic E-state index is 11.5. The molecule has 0 spiro atoms. The number of carboxylic acid groups (broad SMARTS) is 1. The van der Waals surface area contributed by atoms with Gasteiger partial charge in [-0.2, -0.15) is 5.10 Å². The van der Waals surface area contributed by atoms with Crippen LogP contribution in [0.3, 0.4) is 0 Å². The largest absolute Gasteiger partial charge is 0.478 e. The minimum atomic E-state index is -1.02. The van der Waals surface area contributed by atoms with E-state index in [1.807, 2.05) is 0 Å². The SMILES string of the molecule is CCOC(=O)C/C(=N/Nc1ccc(C(=O)O)cc1C)C(C)=O. The summed E-state index contributed by atoms with van der Waals surface area (Å²) in [7, 11) is 0. The van der Waals surface area contributed by atoms with Gasteiger partial charge in [-0.25, -0.2) is 4.79 Å². The molecule has 0 aromatic heterocycles. The number of ketones is 1. The number of hydrogen-bond acceptors (Lipinski definition) is 6. The zero-order chi connectivity index (χ0) is 16.7. The quantitative estimate of drug-likeness (QED) is 0.453. The molecule has 0 atom stereocenters. The zero-order valence-electron chi connectivity index (χ0n) is 12.7. The first-order valence-corrected chi connectivity index (χ1v) is 6.68. The lowest BCUT2D eigenvalue weighted by molar-refractivity contribution is -0.141. The van der Waals surface area contributed by atoms with E-state index >= 15 is 0 Å². The standard InChI is InChI=1S/C15H18N2O5/c1-4-22-14(19)8-13(10(3)18)17-16-12-6-5-11(15(20)21)7-9(12)2/h5-7,16H,4,8H2,1-3H3,(H,20,21)/b17-13-. The van der Waals surface area contributed by atoms with Crippen molar-refractivity contribution in [3.63, 3.8) is 0 Å². The van der Waals surface area contributed by atoms with Gasteiger partial charge in [0.15, 0.2) is 5.78 Å². The van der Waals surface area contributed by atoms with Gasteiger partial charge in [0, 0.05) is 6.92 Å². The molecule has 0 aliphatic heterocycles. The van der Waals surface area contributed by atoms with Crippen molar-refractivity contribution in [2.45, 2.75) is 27.2 Å². The molecule has 0 saturated heterocycles. The number of carbonyl (C=O) groups excluding carboxylic acids is 2. The molecule has 0 bridgehead atoms. The Hall–Kier alpha value is -2.70. The number of nitrogens with zero attached hydrogens (tertiary/aromatic N) is 1. The molecule has 1 rings (SSSR count). The van der Waals surface area contributed by atoms with Crippen LogP contribution >= 0.6 is 0 Å². The van der Waals surface area contributed by atoms with E-state index in [4.69, 9.17) is 9.84 Å². The number of aromatic carboxylic acids is 1. The van der Waals surface area contributed by atoms with Crippen molar-refractivity contribution in [1.29, 1.82) is 0 Å². The Balaban J connectivity index is 2.89. The molecular weight excluding hydrogens is 288 g/mol. The second-order valence-corrected chi connectivity index (χ2v) is 4.54. The van der Waals surface area contributed by atoms with Crippen LogP contribution in [-0.2, 0) is 14.3 Å². The van der Waals surface area contributed by atoms with Crippen LogP contribution in [0.15, 0.2) is 23.3 Å². The van der Waals surface area contributed by atoms with Gasteiger partial charge < -0.3 is 9.84 Å². The molecule has 1 aromatic carbocycles. The molecule has 1 aromatic rings. The first kappa shape index (κ1) is 17.4. The number of carbonyl (C=O) groups is 3. The Morgan fingerprint density at radius 3 is 2.50 bits per heavy atom. The lowest BCUT2D eigenvalue weighted by Crippen LogP contribution is -2.19. The summed E-state index contributed by atoms with van der Waals surface area (Å²) in [6.45, 7) is 4.92. The lowest BCUT2D eigenvalue weighted by atomic mass is 10.1. The van der Waals surface area contributed by atoms with Crippen LogP contribution in [0.1, 0.15) is 36.2 Å². The number of ether oxygens (including phenoxy) is 1. The molecule has 7 heteroatoms. The van der Waals surface area contributed by atoms with Gasteiger partial charge in [0.25, 0.3) is 0 Å². The van der Waals surface area contributed by atoms with E-state index in [-0.39, 0.29) is 30.1 Å². The number of esters is 1. The number of hydrazone groups is 1. The fraction of sp³-hybridized carbons (Fsp3) is 0.333. The minimum Gasteiger partial charge on any atom is -0.478 e. The number of anilines is 1. The Morgan fingerprint density at radius 1 is 1.32 bits per heavy atom. The summed E-state index contributed by atoms with van der Waals surface area (Å²) < 4.78 is 4.78. The summed E-state index contributed by atoms with van der Waals surface area (Å²) in [5.41, 5.74) is 4.08. The summed E-state index contributed by atoms with van der Waals surface area (Å²) in [5.74, 6) is -1.90. The predicted octanol–water partition coefficient (Wildman–Crippen LogP) is 2.00. The molecular formula is C15H18N2O5. The van der Waals surface area contributed by atoms with Crippen LogP contribution in [0.4, 0.5) is 5.69 Å². The van der Waals surface area contributed by atoms with Crippen LogP contribution in [-0.4, -0.2) is 35.1 Å². The normalized spacial score (nSPS) is 11.0. The molecule has 0 amide bonds. The summed E-state index contributed by atoms with van der Waals surface area (Å²) in [4.78, 5) is 33.7. The number of rotatable bonds is 7. The number of Topliss-reactive ketones (excluding diaryl/α,β-unsaturated/α-hetero) is 1. The van der Waals surface area contributed by atoms with Crippen LogP contribution in [0, 0.1) is 6.92 Å². The fourth-order valence-corrected chi connectivity index (χ4v) is 1.64. The average Bonchev–Trinajstić information content (AvgIpc) is 2.44. The maximum Gasteiger partial charge on any atom is 0.335 e. The molecule has 0 unspecified atom stereocenters. The number of carboxylic acids is 1. The molecule has 7 nitrogen and oxygen atoms in total. The van der Waals surface area contributed by atoms with E-state index in [0.29, 0.717) is 11.3 Å². The van der Waals surface area contributed by atoms with E-state index in [9.17, 15) is 14.4 Å². The van der Waals surface area contributed by atoms with Gasteiger partial charge in [-0.15, -0.1) is 0 Å². The molecule has 118 valence electrons. The smallest absolute Gasteiger partial charge is 0.335 e. The van der Waals surface area contributed by atoms with Crippen LogP contribution in [0.25, 0.3) is 0 Å². The number of benzene rings is 1. The predicted molar refractivity (Wildman–Crippen MR) is 81.1 cm³/mol. The van der Waals surface area contributed by atoms with Crippen LogP contribution in [0.2, 0.25) is 0 Å². The molecule has 2 N–H and O–H groups in total. The lowest BCUT2D eigenvalue weighted by Gasteiger charge is -2.08. The average molecular weight is 306 g/mol. The van der Waals surface area contributed by atoms with Gasteiger partial charge in [0.1, 0.15) is 5.71 Å². The molecule has 0 radical (unpaired) electrons. The van der Waals surface area contributed by atoms with Crippen LogP contribution in [0.5, 0.6) is 0 Å². The molecule has 22 heavy (non-hydrogen) atoms. The first-order valence-electron chi connectivity index (χ1n) is 6.68. The molecule has 0 aliphatic carbocycles. The Kier molecular flexibility index (Phi) is 6.25. The number of aryl methyl sites for hydroxylation is 1. The number of nitrogens with one attached hydrogen (secondary N) is 1. The van der Waals surface area contributed by atoms with Crippen molar-refractivity contribution in [3.05, 3.63) is 29.3 Å². The third kappa shape index (κ3) is 5.01. The molecule has 0 heterocycles. The van der Waals surface area contributed by atoms with Gasteiger partial charge in [0.2, 0.25) is 0 Å². The zero-order valence-corrected chi connectivity index (χ0v) is 12.7. The monoisotopic (exact) mass is 306 g/mol. The van der Waals surface area contributed by atoms with Crippen LogP contribution < -0.4 is 5.43 Å². The van der Waals surface area contributed by atoms with E-state index in [1.165, 1.54) is 19.1 Å². The maximum atomic E-state index is 11.5. The van der Waals surface area contributed by atoms with Crippen molar-refractivity contribution in [2.75, 3.05) is 12.0 Å². The highest BCUT2D eigenvalue weighted by Gasteiger charge is 2.13. The Labute approximate surface area is 128 Å². The van der Waals surface area contributed by atoms with Gasteiger partial charge in [-0.1, -0.05) is 0 Å². The number of hydrogen-bond donors (Lipinski definition) is 2. The fourth-order valence-electron chi connectivity index (χ4n) is 1.64. The van der Waals surface area contributed by atoms with Gasteiger partial charge in [-0.05, 0) is 37.6 Å². The van der Waals surface area contributed by atoms with E-state index in [0.717, 1.165) is 0 Å². The van der Waals surface area contributed by atoms with Gasteiger partial charge >= 0.3 is 11.9 Å². The van der Waals surface area contributed by atoms with E-state index in [2.05, 4.69) is 10.5 Å². The topological polar surface area (TPSA) is 105 Å². The summed E-state index contributed by atoms with van der Waals surface area (Å²) >= 11 is 0. The highest BCUT2D eigenvalue weighted by Crippen LogP contribution is 2.16. The minimum absolute atomic E-state index is 0.0418. The molecule has 0 aliphatic rings. The summed E-state index contributed by atoms with van der Waals surface area (Å²) in [5, 5.41) is 12.8. The van der Waals surface area contributed by atoms with E-state index in [1.54, 1.807) is 19.9 Å². The van der Waals surface area contributed by atoms with Crippen molar-refractivity contribution >= 4 is 29.1 Å². The molecule has 0 saturated carbocycles. The highest BCUT2D eigenvalue weighted by atomic mass is 16.5. The Morgan fingerprint density at radius 2 is 2.00 bits per heavy atom. The van der Waals surface area contributed by atoms with Gasteiger partial charge in [0.05, 0.1) is 24.3 Å². The first-order chi connectivity index (χ1) is 10.3. The Bertz CT molecular complexity index is 622. The third-order valence-corrected chi connectivity index (χ3v) is 2.81. The third-order valence-electron chi connectivity index (χ3n) is 2.81. The van der Waals surface area contributed by atoms with Crippen molar-refractivity contribution in [3.8, 4) is 0 Å². The second kappa shape index (κ2) is 7.92. The van der Waals surface area contributed by atoms with Crippen molar-refractivity contribution < 1.29 is 24.2 Å². The van der Waals surface area contributed by atoms with E-state index < -0.39 is 11.9 Å². The summed E-state index contributed by atoms with van der Waals surface area (Å²) in [6, 6.07) is 4.45.